The van der Waals surface area contributed by atoms with E-state index in [1.165, 1.54) is 0 Å². The van der Waals surface area contributed by atoms with Crippen molar-refractivity contribution in [2.24, 2.45) is 0 Å². The molecule has 1 aromatic heterocycles. The summed E-state index contributed by atoms with van der Waals surface area (Å²) in [6.45, 7) is 0.147. The summed E-state index contributed by atoms with van der Waals surface area (Å²) in [7, 11) is 1.60. The molecule has 0 bridgehead atoms. The Kier molecular flexibility index (Phi) is 7.58. The second-order valence-corrected chi connectivity index (χ2v) is 6.73. The van der Waals surface area contributed by atoms with Crippen LogP contribution in [0.1, 0.15) is 22.5 Å². The van der Waals surface area contributed by atoms with Crippen LogP contribution in [0, 0.1) is 0 Å². The lowest BCUT2D eigenvalue weighted by molar-refractivity contribution is -0.148. The van der Waals surface area contributed by atoms with E-state index in [-0.39, 0.29) is 37.1 Å². The van der Waals surface area contributed by atoms with Crippen LogP contribution in [-0.4, -0.2) is 54.8 Å². The molecule has 2 amide bonds. The Labute approximate surface area is 179 Å². The molecular formula is C22H24N4O5. The predicted molar refractivity (Wildman–Crippen MR) is 114 cm³/mol. The van der Waals surface area contributed by atoms with Gasteiger partial charge in [-0.05, 0) is 30.2 Å². The molecule has 2 aromatic carbocycles. The Bertz CT molecular complexity index is 1050. The van der Waals surface area contributed by atoms with E-state index in [0.29, 0.717) is 18.4 Å². The summed E-state index contributed by atoms with van der Waals surface area (Å²) in [5, 5.41) is 12.8. The van der Waals surface area contributed by atoms with Gasteiger partial charge in [0, 0.05) is 18.5 Å². The fraction of sp³-hybridized carbons (Fsp3) is 0.273. The number of nitrogens with one attached hydrogen (secondary N) is 3. The molecule has 31 heavy (non-hydrogen) atoms. The van der Waals surface area contributed by atoms with Crippen molar-refractivity contribution < 1.29 is 23.9 Å². The number of esters is 1. The Balaban J connectivity index is 1.30. The molecule has 9 heteroatoms. The van der Waals surface area contributed by atoms with E-state index in [1.54, 1.807) is 13.2 Å². The SMILES string of the molecule is COc1ccc(CCNC(=O)COC(=O)CCNC(=O)c2n[nH]c3ccccc23)cc1. The van der Waals surface area contributed by atoms with E-state index >= 15 is 0 Å². The zero-order valence-electron chi connectivity index (χ0n) is 17.1. The van der Waals surface area contributed by atoms with Gasteiger partial charge in [0.05, 0.1) is 19.0 Å². The first-order valence-electron chi connectivity index (χ1n) is 9.83. The Hall–Kier alpha value is -3.88. The zero-order chi connectivity index (χ0) is 22.1. The van der Waals surface area contributed by atoms with Gasteiger partial charge in [0.1, 0.15) is 5.75 Å². The quantitative estimate of drug-likeness (QED) is 0.425. The van der Waals surface area contributed by atoms with Crippen LogP contribution in [0.3, 0.4) is 0 Å². The van der Waals surface area contributed by atoms with E-state index in [0.717, 1.165) is 16.8 Å². The maximum atomic E-state index is 12.2. The topological polar surface area (TPSA) is 122 Å². The number of H-pyrrole nitrogens is 1. The minimum absolute atomic E-state index is 0.0484. The third kappa shape index (κ3) is 6.30. The molecule has 1 heterocycles. The highest BCUT2D eigenvalue weighted by Gasteiger charge is 2.14. The number of para-hydroxylation sites is 1. The number of carbonyl (C=O) groups excluding carboxylic acids is 3. The molecule has 0 saturated heterocycles. The summed E-state index contributed by atoms with van der Waals surface area (Å²) < 4.78 is 10.0. The van der Waals surface area contributed by atoms with Crippen molar-refractivity contribution in [3.05, 3.63) is 59.8 Å². The van der Waals surface area contributed by atoms with Crippen LogP contribution in [0.4, 0.5) is 0 Å². The number of amides is 2. The highest BCUT2D eigenvalue weighted by Crippen LogP contribution is 2.14. The van der Waals surface area contributed by atoms with E-state index in [2.05, 4.69) is 20.8 Å². The van der Waals surface area contributed by atoms with Gasteiger partial charge < -0.3 is 20.1 Å². The summed E-state index contributed by atoms with van der Waals surface area (Å²) in [5.41, 5.74) is 2.07. The van der Waals surface area contributed by atoms with Crippen LogP contribution in [0.5, 0.6) is 5.75 Å². The normalized spacial score (nSPS) is 10.5. The molecule has 0 fully saturated rings. The van der Waals surface area contributed by atoms with Gasteiger partial charge in [0.25, 0.3) is 11.8 Å². The molecule has 0 aliphatic heterocycles. The highest BCUT2D eigenvalue weighted by atomic mass is 16.5. The number of nitrogens with zero attached hydrogens (tertiary/aromatic N) is 1. The van der Waals surface area contributed by atoms with Crippen LogP contribution in [0.2, 0.25) is 0 Å². The molecule has 0 radical (unpaired) electrons. The van der Waals surface area contributed by atoms with Crippen molar-refractivity contribution in [3.8, 4) is 5.75 Å². The van der Waals surface area contributed by atoms with Gasteiger partial charge in [0.2, 0.25) is 0 Å². The van der Waals surface area contributed by atoms with Gasteiger partial charge >= 0.3 is 5.97 Å². The Morgan fingerprint density at radius 3 is 2.55 bits per heavy atom. The molecule has 0 atom stereocenters. The molecule has 162 valence electrons. The van der Waals surface area contributed by atoms with Crippen LogP contribution in [-0.2, 0) is 20.7 Å². The van der Waals surface area contributed by atoms with Crippen LogP contribution >= 0.6 is 0 Å². The number of aromatic nitrogens is 2. The maximum Gasteiger partial charge on any atom is 0.308 e. The number of fused-ring (bicyclic) bond motifs is 1. The van der Waals surface area contributed by atoms with E-state index < -0.39 is 5.97 Å². The van der Waals surface area contributed by atoms with Crippen molar-refractivity contribution in [3.63, 3.8) is 0 Å². The molecule has 3 rings (SSSR count). The second-order valence-electron chi connectivity index (χ2n) is 6.73. The average molecular weight is 424 g/mol. The van der Waals surface area contributed by atoms with Crippen molar-refractivity contribution >= 4 is 28.7 Å². The molecule has 3 aromatic rings. The first-order chi connectivity index (χ1) is 15.1. The summed E-state index contributed by atoms with van der Waals surface area (Å²) in [6, 6.07) is 14.8. The first-order valence-corrected chi connectivity index (χ1v) is 9.83. The van der Waals surface area contributed by atoms with Crippen molar-refractivity contribution in [2.45, 2.75) is 12.8 Å². The number of ether oxygens (including phenoxy) is 2. The van der Waals surface area contributed by atoms with E-state index in [9.17, 15) is 14.4 Å². The van der Waals surface area contributed by atoms with Gasteiger partial charge in [0.15, 0.2) is 12.3 Å². The number of benzene rings is 2. The van der Waals surface area contributed by atoms with E-state index in [1.807, 2.05) is 42.5 Å². The number of aromatic amines is 1. The molecule has 0 aliphatic carbocycles. The van der Waals surface area contributed by atoms with Crippen LogP contribution in [0.15, 0.2) is 48.5 Å². The number of carbonyl (C=O) groups is 3. The fourth-order valence-corrected chi connectivity index (χ4v) is 2.91. The largest absolute Gasteiger partial charge is 0.497 e. The first kappa shape index (κ1) is 21.8. The van der Waals surface area contributed by atoms with Gasteiger partial charge in [-0.2, -0.15) is 5.10 Å². The minimum atomic E-state index is -0.572. The van der Waals surface area contributed by atoms with Gasteiger partial charge in [-0.3, -0.25) is 19.5 Å². The van der Waals surface area contributed by atoms with Gasteiger partial charge in [-0.15, -0.1) is 0 Å². The lowest BCUT2D eigenvalue weighted by Gasteiger charge is -2.08. The monoisotopic (exact) mass is 424 g/mol. The molecule has 0 saturated carbocycles. The average Bonchev–Trinajstić information content (AvgIpc) is 3.22. The number of hydrogen-bond acceptors (Lipinski definition) is 6. The number of hydrogen-bond donors (Lipinski definition) is 3. The molecule has 0 spiro atoms. The standard InChI is InChI=1S/C22H24N4O5/c1-30-16-8-6-15(7-9-16)10-12-23-19(27)14-31-20(28)11-13-24-22(29)21-17-4-2-3-5-18(17)25-26-21/h2-9H,10-14H2,1H3,(H,23,27)(H,24,29)(H,25,26). The lowest BCUT2D eigenvalue weighted by Crippen LogP contribution is -2.31. The minimum Gasteiger partial charge on any atom is -0.497 e. The fourth-order valence-electron chi connectivity index (χ4n) is 2.91. The Morgan fingerprint density at radius 1 is 1.00 bits per heavy atom. The summed E-state index contributed by atoms with van der Waals surface area (Å²) >= 11 is 0. The maximum absolute atomic E-state index is 12.2. The predicted octanol–water partition coefficient (Wildman–Crippen LogP) is 1.59. The van der Waals surface area contributed by atoms with Crippen molar-refractivity contribution in [2.75, 3.05) is 26.8 Å². The second kappa shape index (κ2) is 10.8. The highest BCUT2D eigenvalue weighted by molar-refractivity contribution is 6.04. The number of methoxy groups -OCH3 is 1. The molecule has 0 aliphatic rings. The van der Waals surface area contributed by atoms with E-state index in [4.69, 9.17) is 9.47 Å². The molecule has 3 N–H and O–H groups in total. The third-order valence-corrected chi connectivity index (χ3v) is 4.56. The smallest absolute Gasteiger partial charge is 0.308 e. The summed E-state index contributed by atoms with van der Waals surface area (Å²) in [4.78, 5) is 35.8. The summed E-state index contributed by atoms with van der Waals surface area (Å²) in [6.07, 6.45) is 0.602. The number of rotatable bonds is 10. The van der Waals surface area contributed by atoms with Crippen molar-refractivity contribution in [1.82, 2.24) is 20.8 Å². The molecule has 9 nitrogen and oxygen atoms in total. The zero-order valence-corrected chi connectivity index (χ0v) is 17.1. The molecular weight excluding hydrogens is 400 g/mol. The summed E-state index contributed by atoms with van der Waals surface area (Å²) in [5.74, 6) is -0.568. The Morgan fingerprint density at radius 2 is 1.77 bits per heavy atom. The van der Waals surface area contributed by atoms with Crippen LogP contribution < -0.4 is 15.4 Å². The van der Waals surface area contributed by atoms with Gasteiger partial charge in [-0.1, -0.05) is 30.3 Å². The van der Waals surface area contributed by atoms with Crippen LogP contribution in [0.25, 0.3) is 10.9 Å². The molecule has 0 unspecified atom stereocenters. The third-order valence-electron chi connectivity index (χ3n) is 4.56. The lowest BCUT2D eigenvalue weighted by atomic mass is 10.1. The van der Waals surface area contributed by atoms with Crippen molar-refractivity contribution in [1.29, 1.82) is 0 Å². The van der Waals surface area contributed by atoms with Gasteiger partial charge in [-0.25, -0.2) is 0 Å².